The highest BCUT2D eigenvalue weighted by molar-refractivity contribution is 5.79. The Bertz CT molecular complexity index is 544. The molecule has 0 amide bonds. The van der Waals surface area contributed by atoms with Gasteiger partial charge >= 0.3 is 0 Å². The smallest absolute Gasteiger partial charge is 0.190 e. The van der Waals surface area contributed by atoms with E-state index in [0.29, 0.717) is 5.92 Å². The van der Waals surface area contributed by atoms with Gasteiger partial charge in [0.25, 0.3) is 0 Å². The molecule has 2 rings (SSSR count). The SMILES string of the molecule is CN=C(NCCCC(C)C)NCC1CCN(c2cccc(OC)c2)C1. The van der Waals surface area contributed by atoms with Crippen molar-refractivity contribution in [2.45, 2.75) is 33.1 Å². The maximum Gasteiger partial charge on any atom is 0.190 e. The number of guanidine groups is 1. The highest BCUT2D eigenvalue weighted by Crippen LogP contribution is 2.26. The number of benzene rings is 1. The lowest BCUT2D eigenvalue weighted by atomic mass is 10.1. The van der Waals surface area contributed by atoms with Crippen LogP contribution in [0, 0.1) is 11.8 Å². The van der Waals surface area contributed by atoms with Crippen molar-refractivity contribution < 1.29 is 4.74 Å². The molecule has 5 heteroatoms. The molecule has 1 atom stereocenters. The number of hydrogen-bond donors (Lipinski definition) is 2. The molecule has 1 aromatic rings. The Kier molecular flexibility index (Phi) is 7.89. The summed E-state index contributed by atoms with van der Waals surface area (Å²) >= 11 is 0. The molecule has 1 saturated heterocycles. The van der Waals surface area contributed by atoms with Crippen LogP contribution in [0.1, 0.15) is 33.1 Å². The van der Waals surface area contributed by atoms with Gasteiger partial charge in [0.15, 0.2) is 5.96 Å². The Morgan fingerprint density at radius 2 is 2.20 bits per heavy atom. The normalized spacial score (nSPS) is 17.9. The van der Waals surface area contributed by atoms with Crippen LogP contribution in [0.5, 0.6) is 5.75 Å². The fourth-order valence-electron chi connectivity index (χ4n) is 3.22. The lowest BCUT2D eigenvalue weighted by Gasteiger charge is -2.20. The van der Waals surface area contributed by atoms with Crippen LogP contribution in [0.15, 0.2) is 29.3 Å². The zero-order chi connectivity index (χ0) is 18.1. The maximum atomic E-state index is 5.33. The van der Waals surface area contributed by atoms with E-state index in [1.165, 1.54) is 24.9 Å². The summed E-state index contributed by atoms with van der Waals surface area (Å²) in [6.45, 7) is 8.65. The fourth-order valence-corrected chi connectivity index (χ4v) is 3.22. The molecule has 140 valence electrons. The molecule has 0 aliphatic carbocycles. The van der Waals surface area contributed by atoms with Crippen LogP contribution >= 0.6 is 0 Å². The first-order valence-electron chi connectivity index (χ1n) is 9.46. The van der Waals surface area contributed by atoms with E-state index in [2.05, 4.69) is 52.6 Å². The van der Waals surface area contributed by atoms with Gasteiger partial charge in [-0.05, 0) is 43.2 Å². The molecule has 1 aliphatic heterocycles. The van der Waals surface area contributed by atoms with E-state index in [1.54, 1.807) is 7.11 Å². The number of ether oxygens (including phenoxy) is 1. The molecule has 0 saturated carbocycles. The first-order chi connectivity index (χ1) is 12.1. The van der Waals surface area contributed by atoms with Crippen molar-refractivity contribution in [3.8, 4) is 5.75 Å². The monoisotopic (exact) mass is 346 g/mol. The molecule has 1 aliphatic rings. The first kappa shape index (κ1) is 19.4. The highest BCUT2D eigenvalue weighted by Gasteiger charge is 2.23. The molecule has 5 nitrogen and oxygen atoms in total. The average Bonchev–Trinajstić information content (AvgIpc) is 3.10. The number of nitrogens with zero attached hydrogens (tertiary/aromatic N) is 2. The second kappa shape index (κ2) is 10.2. The number of anilines is 1. The molecule has 0 bridgehead atoms. The van der Waals surface area contributed by atoms with Crippen molar-refractivity contribution in [1.29, 1.82) is 0 Å². The summed E-state index contributed by atoms with van der Waals surface area (Å²) in [4.78, 5) is 6.77. The molecule has 1 unspecified atom stereocenters. The summed E-state index contributed by atoms with van der Waals surface area (Å²) in [5.74, 6) is 3.24. The maximum absolute atomic E-state index is 5.33. The van der Waals surface area contributed by atoms with Crippen molar-refractivity contribution >= 4 is 11.6 Å². The molecule has 1 aromatic carbocycles. The van der Waals surface area contributed by atoms with E-state index in [0.717, 1.165) is 43.8 Å². The van der Waals surface area contributed by atoms with E-state index in [4.69, 9.17) is 4.74 Å². The highest BCUT2D eigenvalue weighted by atomic mass is 16.5. The molecule has 0 spiro atoms. The van der Waals surface area contributed by atoms with Crippen molar-refractivity contribution in [3.63, 3.8) is 0 Å². The summed E-state index contributed by atoms with van der Waals surface area (Å²) in [7, 11) is 3.56. The van der Waals surface area contributed by atoms with Gasteiger partial charge in [-0.2, -0.15) is 0 Å². The van der Waals surface area contributed by atoms with Crippen molar-refractivity contribution in [1.82, 2.24) is 10.6 Å². The Morgan fingerprint density at radius 3 is 2.92 bits per heavy atom. The summed E-state index contributed by atoms with van der Waals surface area (Å²) in [5, 5.41) is 6.90. The molecule has 0 radical (unpaired) electrons. The summed E-state index contributed by atoms with van der Waals surface area (Å²) in [6, 6.07) is 8.33. The summed E-state index contributed by atoms with van der Waals surface area (Å²) in [6.07, 6.45) is 3.64. The quantitative estimate of drug-likeness (QED) is 0.431. The second-order valence-corrected chi connectivity index (χ2v) is 7.22. The van der Waals surface area contributed by atoms with Crippen molar-refractivity contribution in [2.24, 2.45) is 16.8 Å². The van der Waals surface area contributed by atoms with Gasteiger partial charge in [-0.15, -0.1) is 0 Å². The van der Waals surface area contributed by atoms with Gasteiger partial charge < -0.3 is 20.3 Å². The van der Waals surface area contributed by atoms with Crippen molar-refractivity contribution in [3.05, 3.63) is 24.3 Å². The van der Waals surface area contributed by atoms with Gasteiger partial charge in [-0.25, -0.2) is 0 Å². The van der Waals surface area contributed by atoms with Crippen LogP contribution in [-0.2, 0) is 0 Å². The standard InChI is InChI=1S/C20H34N4O/c1-16(2)7-6-11-22-20(21-3)23-14-17-10-12-24(15-17)18-8-5-9-19(13-18)25-4/h5,8-9,13,16-17H,6-7,10-12,14-15H2,1-4H3,(H2,21,22,23). The third kappa shape index (κ3) is 6.48. The summed E-state index contributed by atoms with van der Waals surface area (Å²) in [5.41, 5.74) is 1.25. The zero-order valence-corrected chi connectivity index (χ0v) is 16.2. The number of methoxy groups -OCH3 is 1. The van der Waals surface area contributed by atoms with Crippen LogP contribution in [0.4, 0.5) is 5.69 Å². The molecule has 2 N–H and O–H groups in total. The average molecular weight is 347 g/mol. The largest absolute Gasteiger partial charge is 0.497 e. The Labute approximate surface area is 152 Å². The van der Waals surface area contributed by atoms with E-state index >= 15 is 0 Å². The molecule has 1 heterocycles. The Morgan fingerprint density at radius 1 is 1.36 bits per heavy atom. The van der Waals surface area contributed by atoms with Crippen LogP contribution in [0.3, 0.4) is 0 Å². The lowest BCUT2D eigenvalue weighted by Crippen LogP contribution is -2.40. The van der Waals surface area contributed by atoms with E-state index < -0.39 is 0 Å². The van der Waals surface area contributed by atoms with E-state index in [-0.39, 0.29) is 0 Å². The Hall–Kier alpha value is -1.91. The Balaban J connectivity index is 1.72. The predicted molar refractivity (Wildman–Crippen MR) is 107 cm³/mol. The minimum Gasteiger partial charge on any atom is -0.497 e. The van der Waals surface area contributed by atoms with Crippen LogP contribution in [-0.4, -0.2) is 46.3 Å². The molecule has 1 fully saturated rings. The van der Waals surface area contributed by atoms with Gasteiger partial charge in [-0.3, -0.25) is 4.99 Å². The molecule has 0 aromatic heterocycles. The topological polar surface area (TPSA) is 48.9 Å². The van der Waals surface area contributed by atoms with Gasteiger partial charge in [0, 0.05) is 45.0 Å². The second-order valence-electron chi connectivity index (χ2n) is 7.22. The van der Waals surface area contributed by atoms with Crippen LogP contribution in [0.2, 0.25) is 0 Å². The lowest BCUT2D eigenvalue weighted by molar-refractivity contribution is 0.415. The minimum atomic E-state index is 0.639. The summed E-state index contributed by atoms with van der Waals surface area (Å²) < 4.78 is 5.33. The molecular formula is C20H34N4O. The third-order valence-corrected chi connectivity index (χ3v) is 4.74. The number of aliphatic imine (C=N–C) groups is 1. The number of hydrogen-bond acceptors (Lipinski definition) is 3. The fraction of sp³-hybridized carbons (Fsp3) is 0.650. The molecular weight excluding hydrogens is 312 g/mol. The third-order valence-electron chi connectivity index (χ3n) is 4.74. The zero-order valence-electron chi connectivity index (χ0n) is 16.2. The van der Waals surface area contributed by atoms with Gasteiger partial charge in [0.2, 0.25) is 0 Å². The number of nitrogens with one attached hydrogen (secondary N) is 2. The van der Waals surface area contributed by atoms with Crippen LogP contribution in [0.25, 0.3) is 0 Å². The van der Waals surface area contributed by atoms with Crippen molar-refractivity contribution in [2.75, 3.05) is 45.2 Å². The minimum absolute atomic E-state index is 0.639. The van der Waals surface area contributed by atoms with E-state index in [9.17, 15) is 0 Å². The van der Waals surface area contributed by atoms with Gasteiger partial charge in [0.1, 0.15) is 5.75 Å². The number of rotatable bonds is 8. The van der Waals surface area contributed by atoms with Crippen LogP contribution < -0.4 is 20.3 Å². The predicted octanol–water partition coefficient (Wildman–Crippen LogP) is 3.12. The van der Waals surface area contributed by atoms with E-state index in [1.807, 2.05) is 13.1 Å². The van der Waals surface area contributed by atoms with Gasteiger partial charge in [-0.1, -0.05) is 19.9 Å². The first-order valence-corrected chi connectivity index (χ1v) is 9.46. The molecule has 25 heavy (non-hydrogen) atoms. The van der Waals surface area contributed by atoms with Gasteiger partial charge in [0.05, 0.1) is 7.11 Å².